The minimum absolute atomic E-state index is 0.0990. The van der Waals surface area contributed by atoms with Gasteiger partial charge < -0.3 is 14.4 Å². The summed E-state index contributed by atoms with van der Waals surface area (Å²) in [5.74, 6) is 0.499. The van der Waals surface area contributed by atoms with Crippen LogP contribution in [0.5, 0.6) is 0 Å². The molecule has 5 nitrogen and oxygen atoms in total. The van der Waals surface area contributed by atoms with Gasteiger partial charge in [-0.25, -0.2) is 0 Å². The van der Waals surface area contributed by atoms with Crippen LogP contribution in [0.15, 0.2) is 24.5 Å². The molecule has 3 heterocycles. The van der Waals surface area contributed by atoms with E-state index in [-0.39, 0.29) is 11.3 Å². The van der Waals surface area contributed by atoms with Gasteiger partial charge in [0.05, 0.1) is 6.61 Å². The number of methoxy groups -OCH3 is 1. The fourth-order valence-electron chi connectivity index (χ4n) is 3.64. The van der Waals surface area contributed by atoms with Crippen molar-refractivity contribution in [3.63, 3.8) is 0 Å². The van der Waals surface area contributed by atoms with Crippen LogP contribution in [-0.4, -0.2) is 55.8 Å². The number of carbonyl (C=O) groups is 1. The fraction of sp³-hybridized carbons (Fsp3) is 0.625. The summed E-state index contributed by atoms with van der Waals surface area (Å²) in [6.07, 6.45) is 5.36. The number of ether oxygens (including phenoxy) is 2. The van der Waals surface area contributed by atoms with E-state index in [0.717, 1.165) is 39.1 Å². The lowest BCUT2D eigenvalue weighted by Crippen LogP contribution is -2.39. The molecule has 2 saturated heterocycles. The molecule has 2 aliphatic heterocycles. The van der Waals surface area contributed by atoms with E-state index in [9.17, 15) is 4.79 Å². The summed E-state index contributed by atoms with van der Waals surface area (Å²) in [5.41, 5.74) is 0.877. The van der Waals surface area contributed by atoms with Gasteiger partial charge >= 0.3 is 0 Å². The van der Waals surface area contributed by atoms with Crippen molar-refractivity contribution in [3.8, 4) is 0 Å². The number of aromatic nitrogens is 1. The fourth-order valence-corrected chi connectivity index (χ4v) is 3.64. The van der Waals surface area contributed by atoms with Gasteiger partial charge in [0.25, 0.3) is 5.91 Å². The van der Waals surface area contributed by atoms with Gasteiger partial charge in [-0.2, -0.15) is 0 Å². The van der Waals surface area contributed by atoms with Crippen molar-refractivity contribution in [1.82, 2.24) is 9.88 Å². The largest absolute Gasteiger partial charge is 0.384 e. The smallest absolute Gasteiger partial charge is 0.253 e. The predicted octanol–water partition coefficient (Wildman–Crippen LogP) is 1.60. The zero-order valence-electron chi connectivity index (χ0n) is 12.5. The SMILES string of the molecule is COCC1CN(C(=O)c2ccncc2)CC12CCOCC2. The molecule has 5 heteroatoms. The number of pyridine rings is 1. The average Bonchev–Trinajstić information content (AvgIpc) is 2.87. The molecule has 3 rings (SSSR count). The normalized spacial score (nSPS) is 24.4. The summed E-state index contributed by atoms with van der Waals surface area (Å²) in [7, 11) is 1.74. The third-order valence-corrected chi connectivity index (χ3v) is 4.88. The maximum Gasteiger partial charge on any atom is 0.253 e. The molecule has 21 heavy (non-hydrogen) atoms. The minimum atomic E-state index is 0.0990. The van der Waals surface area contributed by atoms with E-state index in [4.69, 9.17) is 9.47 Å². The highest BCUT2D eigenvalue weighted by Crippen LogP contribution is 2.44. The van der Waals surface area contributed by atoms with E-state index >= 15 is 0 Å². The van der Waals surface area contributed by atoms with E-state index < -0.39 is 0 Å². The van der Waals surface area contributed by atoms with E-state index in [1.807, 2.05) is 4.90 Å². The first-order valence-corrected chi connectivity index (χ1v) is 7.51. The van der Waals surface area contributed by atoms with Gasteiger partial charge in [0.1, 0.15) is 0 Å². The standard InChI is InChI=1S/C16H22N2O3/c1-20-11-14-10-18(12-16(14)4-8-21-9-5-16)15(19)13-2-6-17-7-3-13/h2-3,6-7,14H,4-5,8-12H2,1H3. The molecular weight excluding hydrogens is 268 g/mol. The Morgan fingerprint density at radius 1 is 1.43 bits per heavy atom. The first kappa shape index (κ1) is 14.5. The number of rotatable bonds is 3. The number of nitrogens with zero attached hydrogens (tertiary/aromatic N) is 2. The molecule has 0 aromatic carbocycles. The van der Waals surface area contributed by atoms with E-state index in [1.165, 1.54) is 0 Å². The summed E-state index contributed by atoms with van der Waals surface area (Å²) in [5, 5.41) is 0. The molecule has 0 radical (unpaired) electrons. The average molecular weight is 290 g/mol. The molecule has 2 fully saturated rings. The highest BCUT2D eigenvalue weighted by molar-refractivity contribution is 5.94. The highest BCUT2D eigenvalue weighted by atomic mass is 16.5. The second-order valence-corrected chi connectivity index (χ2v) is 6.05. The Morgan fingerprint density at radius 3 is 2.81 bits per heavy atom. The van der Waals surface area contributed by atoms with Gasteiger partial charge in [-0.1, -0.05) is 0 Å². The molecule has 1 aromatic heterocycles. The zero-order chi connectivity index (χ0) is 14.7. The Hall–Kier alpha value is -1.46. The number of likely N-dealkylation sites (tertiary alicyclic amines) is 1. The third kappa shape index (κ3) is 2.80. The molecule has 1 aromatic rings. The number of amides is 1. The van der Waals surface area contributed by atoms with Crippen LogP contribution in [0.1, 0.15) is 23.2 Å². The summed E-state index contributed by atoms with van der Waals surface area (Å²) in [6, 6.07) is 3.56. The molecule has 1 unspecified atom stereocenters. The van der Waals surface area contributed by atoms with Crippen molar-refractivity contribution < 1.29 is 14.3 Å². The van der Waals surface area contributed by atoms with Crippen LogP contribution in [0.25, 0.3) is 0 Å². The van der Waals surface area contributed by atoms with Crippen LogP contribution in [0.2, 0.25) is 0 Å². The molecule has 1 amide bonds. The first-order valence-electron chi connectivity index (χ1n) is 7.51. The van der Waals surface area contributed by atoms with E-state index in [2.05, 4.69) is 4.98 Å². The summed E-state index contributed by atoms with van der Waals surface area (Å²) >= 11 is 0. The summed E-state index contributed by atoms with van der Waals surface area (Å²) < 4.78 is 10.9. The predicted molar refractivity (Wildman–Crippen MR) is 78.0 cm³/mol. The van der Waals surface area contributed by atoms with Gasteiger partial charge in [-0.15, -0.1) is 0 Å². The van der Waals surface area contributed by atoms with Crippen LogP contribution in [0.3, 0.4) is 0 Å². The Kier molecular flexibility index (Phi) is 4.22. The third-order valence-electron chi connectivity index (χ3n) is 4.88. The van der Waals surface area contributed by atoms with E-state index in [0.29, 0.717) is 18.1 Å². The van der Waals surface area contributed by atoms with Crippen LogP contribution < -0.4 is 0 Å². The van der Waals surface area contributed by atoms with Gasteiger partial charge in [0.15, 0.2) is 0 Å². The van der Waals surface area contributed by atoms with Crippen molar-refractivity contribution in [3.05, 3.63) is 30.1 Å². The molecule has 0 bridgehead atoms. The van der Waals surface area contributed by atoms with Crippen LogP contribution in [0, 0.1) is 11.3 Å². The maximum absolute atomic E-state index is 12.6. The molecule has 1 spiro atoms. The summed E-state index contributed by atoms with van der Waals surface area (Å²) in [6.45, 7) is 3.87. The maximum atomic E-state index is 12.6. The number of hydrogen-bond acceptors (Lipinski definition) is 4. The molecular formula is C16H22N2O3. The minimum Gasteiger partial charge on any atom is -0.384 e. The van der Waals surface area contributed by atoms with Crippen molar-refractivity contribution in [2.75, 3.05) is 40.0 Å². The lowest BCUT2D eigenvalue weighted by molar-refractivity contribution is -0.0169. The Bertz CT molecular complexity index is 486. The van der Waals surface area contributed by atoms with Crippen molar-refractivity contribution >= 4 is 5.91 Å². The van der Waals surface area contributed by atoms with Crippen molar-refractivity contribution in [2.24, 2.45) is 11.3 Å². The van der Waals surface area contributed by atoms with Crippen LogP contribution >= 0.6 is 0 Å². The van der Waals surface area contributed by atoms with Gasteiger partial charge in [-0.3, -0.25) is 9.78 Å². The highest BCUT2D eigenvalue weighted by Gasteiger charge is 2.48. The van der Waals surface area contributed by atoms with Gasteiger partial charge in [0, 0.05) is 57.3 Å². The van der Waals surface area contributed by atoms with Gasteiger partial charge in [-0.05, 0) is 30.4 Å². The Morgan fingerprint density at radius 2 is 2.14 bits per heavy atom. The molecule has 0 aliphatic carbocycles. The lowest BCUT2D eigenvalue weighted by Gasteiger charge is -2.37. The summed E-state index contributed by atoms with van der Waals surface area (Å²) in [4.78, 5) is 18.6. The van der Waals surface area contributed by atoms with Crippen LogP contribution in [-0.2, 0) is 9.47 Å². The zero-order valence-corrected chi connectivity index (χ0v) is 12.5. The van der Waals surface area contributed by atoms with Crippen molar-refractivity contribution in [2.45, 2.75) is 12.8 Å². The Balaban J connectivity index is 1.78. The molecule has 114 valence electrons. The first-order chi connectivity index (χ1) is 10.2. The van der Waals surface area contributed by atoms with Crippen LogP contribution in [0.4, 0.5) is 0 Å². The Labute approximate surface area is 125 Å². The number of hydrogen-bond donors (Lipinski definition) is 0. The second kappa shape index (κ2) is 6.12. The van der Waals surface area contributed by atoms with E-state index in [1.54, 1.807) is 31.6 Å². The molecule has 1 atom stereocenters. The monoisotopic (exact) mass is 290 g/mol. The molecule has 2 aliphatic rings. The van der Waals surface area contributed by atoms with Crippen molar-refractivity contribution in [1.29, 1.82) is 0 Å². The topological polar surface area (TPSA) is 51.7 Å². The second-order valence-electron chi connectivity index (χ2n) is 6.05. The molecule has 0 N–H and O–H groups in total. The number of carbonyl (C=O) groups excluding carboxylic acids is 1. The molecule has 0 saturated carbocycles. The lowest BCUT2D eigenvalue weighted by atomic mass is 9.72. The quantitative estimate of drug-likeness (QED) is 0.848. The van der Waals surface area contributed by atoms with Gasteiger partial charge in [0.2, 0.25) is 0 Å².